The van der Waals surface area contributed by atoms with Crippen LogP contribution in [0.4, 0.5) is 10.5 Å². The van der Waals surface area contributed by atoms with E-state index >= 15 is 0 Å². The number of methoxy groups -OCH3 is 1. The predicted molar refractivity (Wildman–Crippen MR) is 120 cm³/mol. The lowest BCUT2D eigenvalue weighted by Crippen LogP contribution is -2.55. The molecule has 2 bridgehead atoms. The van der Waals surface area contributed by atoms with Gasteiger partial charge in [0.25, 0.3) is 5.91 Å². The molecule has 3 heterocycles. The third-order valence-electron chi connectivity index (χ3n) is 6.79. The minimum Gasteiger partial charge on any atom is -0.497 e. The zero-order valence-electron chi connectivity index (χ0n) is 18.1. The topological polar surface area (TPSA) is 94.0 Å². The highest BCUT2D eigenvalue weighted by Gasteiger charge is 2.62. The zero-order chi connectivity index (χ0) is 23.4. The number of hydrogen-bond donors (Lipinski definition) is 0. The second kappa shape index (κ2) is 7.78. The normalized spacial score (nSPS) is 23.2. The van der Waals surface area contributed by atoms with Gasteiger partial charge < -0.3 is 14.5 Å². The van der Waals surface area contributed by atoms with E-state index < -0.39 is 12.1 Å². The van der Waals surface area contributed by atoms with Gasteiger partial charge in [-0.05, 0) is 48.7 Å². The Morgan fingerprint density at radius 2 is 2.06 bits per heavy atom. The molecule has 0 aliphatic carbocycles. The molecule has 3 atom stereocenters. The fraction of sp³-hybridized carbons (Fsp3) is 0.333. The van der Waals surface area contributed by atoms with Crippen LogP contribution in [0.25, 0.3) is 0 Å². The van der Waals surface area contributed by atoms with Crippen molar-refractivity contribution in [3.05, 3.63) is 58.1 Å². The van der Waals surface area contributed by atoms with Gasteiger partial charge in [-0.1, -0.05) is 23.7 Å². The standard InChI is InChI=1S/C24H21ClN4O4/c1-13-18(7-6-15(11-26)21(13)25)29-23(31)22-19-10-16(28(22)24(29)32)12-27(19)20(30)9-14-4-3-5-17(8-14)33-2/h3-8,16,19,22H,9-10,12H2,1-2H3. The number of nitrogens with zero attached hydrogens (tertiary/aromatic N) is 4. The molecular formula is C24H21ClN4O4. The van der Waals surface area contributed by atoms with E-state index in [0.717, 1.165) is 10.5 Å². The van der Waals surface area contributed by atoms with E-state index in [1.807, 2.05) is 30.3 Å². The van der Waals surface area contributed by atoms with Crippen molar-refractivity contribution in [2.75, 3.05) is 18.6 Å². The number of carbonyl (C=O) groups is 3. The van der Waals surface area contributed by atoms with E-state index in [4.69, 9.17) is 16.3 Å². The maximum absolute atomic E-state index is 13.4. The Balaban J connectivity index is 1.40. The first-order chi connectivity index (χ1) is 15.8. The molecule has 3 aliphatic heterocycles. The summed E-state index contributed by atoms with van der Waals surface area (Å²) in [5.41, 5.74) is 1.98. The van der Waals surface area contributed by atoms with Crippen LogP contribution in [0.15, 0.2) is 36.4 Å². The fourth-order valence-corrected chi connectivity index (χ4v) is 5.43. The molecule has 4 amide bonds. The van der Waals surface area contributed by atoms with Gasteiger partial charge in [-0.25, -0.2) is 9.69 Å². The molecule has 0 N–H and O–H groups in total. The van der Waals surface area contributed by atoms with Gasteiger partial charge in [0, 0.05) is 6.54 Å². The lowest BCUT2D eigenvalue weighted by Gasteiger charge is -2.35. The van der Waals surface area contributed by atoms with E-state index in [1.54, 1.807) is 29.9 Å². The van der Waals surface area contributed by atoms with E-state index in [1.165, 1.54) is 6.07 Å². The lowest BCUT2D eigenvalue weighted by atomic mass is 10.1. The molecule has 3 saturated heterocycles. The molecule has 3 aliphatic rings. The summed E-state index contributed by atoms with van der Waals surface area (Å²) in [7, 11) is 1.58. The molecule has 33 heavy (non-hydrogen) atoms. The van der Waals surface area contributed by atoms with Crippen molar-refractivity contribution in [1.29, 1.82) is 5.26 Å². The number of urea groups is 1. The van der Waals surface area contributed by atoms with Crippen molar-refractivity contribution in [1.82, 2.24) is 9.80 Å². The first-order valence-electron chi connectivity index (χ1n) is 10.6. The summed E-state index contributed by atoms with van der Waals surface area (Å²) in [5.74, 6) is 0.236. The van der Waals surface area contributed by atoms with Crippen molar-refractivity contribution in [2.24, 2.45) is 0 Å². The molecule has 3 unspecified atom stereocenters. The van der Waals surface area contributed by atoms with Gasteiger partial charge >= 0.3 is 6.03 Å². The fourth-order valence-electron chi connectivity index (χ4n) is 5.23. The van der Waals surface area contributed by atoms with Gasteiger partial charge in [-0.15, -0.1) is 0 Å². The van der Waals surface area contributed by atoms with E-state index in [0.29, 0.717) is 30.0 Å². The van der Waals surface area contributed by atoms with Gasteiger partial charge in [0.2, 0.25) is 5.91 Å². The highest BCUT2D eigenvalue weighted by Crippen LogP contribution is 2.43. The number of anilines is 1. The van der Waals surface area contributed by atoms with Crippen LogP contribution < -0.4 is 9.64 Å². The number of halogens is 1. The predicted octanol–water partition coefficient (Wildman–Crippen LogP) is 2.89. The smallest absolute Gasteiger partial charge is 0.332 e. The minimum absolute atomic E-state index is 0.0771. The van der Waals surface area contributed by atoms with Crippen molar-refractivity contribution in [3.8, 4) is 11.8 Å². The highest BCUT2D eigenvalue weighted by molar-refractivity contribution is 6.33. The molecule has 8 nitrogen and oxygen atoms in total. The average Bonchev–Trinajstić information content (AvgIpc) is 3.48. The first-order valence-corrected chi connectivity index (χ1v) is 11.0. The van der Waals surface area contributed by atoms with Crippen LogP contribution in [-0.2, 0) is 16.0 Å². The molecule has 0 saturated carbocycles. The molecule has 2 aromatic rings. The highest BCUT2D eigenvalue weighted by atomic mass is 35.5. The molecule has 0 radical (unpaired) electrons. The van der Waals surface area contributed by atoms with Crippen LogP contribution in [0.1, 0.15) is 23.1 Å². The third-order valence-corrected chi connectivity index (χ3v) is 7.28. The average molecular weight is 465 g/mol. The number of amides is 4. The van der Waals surface area contributed by atoms with Crippen molar-refractivity contribution in [2.45, 2.75) is 37.9 Å². The maximum atomic E-state index is 13.4. The molecular weight excluding hydrogens is 444 g/mol. The van der Waals surface area contributed by atoms with Crippen molar-refractivity contribution >= 4 is 35.1 Å². The minimum atomic E-state index is -0.709. The first kappa shape index (κ1) is 21.3. The second-order valence-corrected chi connectivity index (χ2v) is 8.90. The largest absolute Gasteiger partial charge is 0.497 e. The van der Waals surface area contributed by atoms with Crippen LogP contribution in [-0.4, -0.2) is 59.4 Å². The Hall–Kier alpha value is -3.57. The van der Waals surface area contributed by atoms with Crippen molar-refractivity contribution < 1.29 is 19.1 Å². The summed E-state index contributed by atoms with van der Waals surface area (Å²) in [6, 6.07) is 10.8. The van der Waals surface area contributed by atoms with Crippen molar-refractivity contribution in [3.63, 3.8) is 0 Å². The molecule has 3 fully saturated rings. The third kappa shape index (κ3) is 3.15. The van der Waals surface area contributed by atoms with E-state index in [2.05, 4.69) is 0 Å². The SMILES string of the molecule is COc1cccc(CC(=O)N2CC3CC2C2C(=O)N(c4ccc(C#N)c(Cl)c4C)C(=O)N32)c1. The maximum Gasteiger partial charge on any atom is 0.332 e. The molecule has 2 aromatic carbocycles. The van der Waals surface area contributed by atoms with Gasteiger partial charge in [0.15, 0.2) is 0 Å². The summed E-state index contributed by atoms with van der Waals surface area (Å²) >= 11 is 6.28. The number of imide groups is 1. The number of nitriles is 1. The van der Waals surface area contributed by atoms with E-state index in [-0.39, 0.29) is 40.9 Å². The summed E-state index contributed by atoms with van der Waals surface area (Å²) < 4.78 is 5.23. The van der Waals surface area contributed by atoms with Gasteiger partial charge in [0.1, 0.15) is 17.9 Å². The Kier molecular flexibility index (Phi) is 5.02. The number of rotatable bonds is 4. The number of ether oxygens (including phenoxy) is 1. The van der Waals surface area contributed by atoms with Crippen LogP contribution in [0.5, 0.6) is 5.75 Å². The summed E-state index contributed by atoms with van der Waals surface area (Å²) in [5, 5.41) is 9.42. The number of benzene rings is 2. The van der Waals surface area contributed by atoms with Gasteiger partial charge in [-0.3, -0.25) is 9.59 Å². The molecule has 9 heteroatoms. The quantitative estimate of drug-likeness (QED) is 0.648. The van der Waals surface area contributed by atoms with Crippen LogP contribution in [0, 0.1) is 18.3 Å². The second-order valence-electron chi connectivity index (χ2n) is 8.52. The number of piperazine rings is 1. The number of carbonyl (C=O) groups excluding carboxylic acids is 3. The van der Waals surface area contributed by atoms with Crippen LogP contribution in [0.3, 0.4) is 0 Å². The number of likely N-dealkylation sites (tertiary alicyclic amines) is 1. The van der Waals surface area contributed by atoms with E-state index in [9.17, 15) is 19.6 Å². The Labute approximate surface area is 195 Å². The summed E-state index contributed by atoms with van der Waals surface area (Å²) in [4.78, 5) is 44.3. The zero-order valence-corrected chi connectivity index (χ0v) is 18.9. The number of fused-ring (bicyclic) bond motifs is 5. The number of hydrogen-bond acceptors (Lipinski definition) is 5. The Morgan fingerprint density at radius 1 is 1.27 bits per heavy atom. The molecule has 0 aromatic heterocycles. The van der Waals surface area contributed by atoms with Crippen LogP contribution >= 0.6 is 11.6 Å². The lowest BCUT2D eigenvalue weighted by molar-refractivity contribution is -0.135. The van der Waals surface area contributed by atoms with Crippen LogP contribution in [0.2, 0.25) is 5.02 Å². The molecule has 0 spiro atoms. The molecule has 5 rings (SSSR count). The Morgan fingerprint density at radius 3 is 2.79 bits per heavy atom. The van der Waals surface area contributed by atoms with Gasteiger partial charge in [0.05, 0.1) is 41.9 Å². The van der Waals surface area contributed by atoms with Gasteiger partial charge in [-0.2, -0.15) is 5.26 Å². The summed E-state index contributed by atoms with van der Waals surface area (Å²) in [6.45, 7) is 2.09. The Bertz CT molecular complexity index is 1240. The monoisotopic (exact) mass is 464 g/mol. The summed E-state index contributed by atoms with van der Waals surface area (Å²) in [6.07, 6.45) is 0.788. The molecule has 168 valence electrons.